The summed E-state index contributed by atoms with van der Waals surface area (Å²) in [7, 11) is -2.07. The molecule has 1 aliphatic carbocycles. The molecule has 1 saturated heterocycles. The number of ether oxygens (including phenoxy) is 1. The van der Waals surface area contributed by atoms with E-state index < -0.39 is 16.0 Å². The molecular formula is C13H24N2O4S. The number of nitrogens with zero attached hydrogens (tertiary/aromatic N) is 1. The Balaban J connectivity index is 1.94. The summed E-state index contributed by atoms with van der Waals surface area (Å²) in [6.45, 7) is 2.53. The van der Waals surface area contributed by atoms with E-state index in [0.29, 0.717) is 12.5 Å². The lowest BCUT2D eigenvalue weighted by atomic mass is 9.98. The molecule has 0 spiro atoms. The van der Waals surface area contributed by atoms with Gasteiger partial charge < -0.3 is 10.1 Å². The predicted molar refractivity (Wildman–Crippen MR) is 75.7 cm³/mol. The average molecular weight is 304 g/mol. The Morgan fingerprint density at radius 1 is 1.25 bits per heavy atom. The predicted octanol–water partition coefficient (Wildman–Crippen LogP) is 0.343. The first-order valence-corrected chi connectivity index (χ1v) is 8.91. The maximum atomic E-state index is 12.4. The lowest BCUT2D eigenvalue weighted by Gasteiger charge is -2.29. The number of hydrogen-bond donors (Lipinski definition) is 1. The lowest BCUT2D eigenvalue weighted by Crippen LogP contribution is -2.41. The standard InChI is InChI=1S/C13H24N2O4S/c1-19-13(16)6-9-20(17,18)15(12-2-3-12)10-11-4-7-14-8-5-11/h11-12,14H,2-10H2,1H3. The Labute approximate surface area is 120 Å². The van der Waals surface area contributed by atoms with Crippen molar-refractivity contribution in [1.29, 1.82) is 0 Å². The molecule has 0 aromatic carbocycles. The first kappa shape index (κ1) is 15.7. The number of rotatable bonds is 7. The first-order valence-electron chi connectivity index (χ1n) is 7.30. The number of hydrogen-bond acceptors (Lipinski definition) is 5. The summed E-state index contributed by atoms with van der Waals surface area (Å²) in [4.78, 5) is 11.1. The van der Waals surface area contributed by atoms with E-state index in [1.165, 1.54) is 7.11 Å². The third-order valence-corrected chi connectivity index (χ3v) is 5.88. The third-order valence-electron chi connectivity index (χ3n) is 4.00. The van der Waals surface area contributed by atoms with E-state index in [-0.39, 0.29) is 18.2 Å². The SMILES string of the molecule is COC(=O)CCS(=O)(=O)N(CC1CCNCC1)C1CC1. The summed E-state index contributed by atoms with van der Waals surface area (Å²) in [6, 6.07) is 0.160. The molecule has 0 atom stereocenters. The third kappa shape index (κ3) is 4.43. The van der Waals surface area contributed by atoms with Gasteiger partial charge in [-0.2, -0.15) is 4.31 Å². The number of methoxy groups -OCH3 is 1. The normalized spacial score (nSPS) is 21.1. The van der Waals surface area contributed by atoms with Crippen LogP contribution < -0.4 is 5.32 Å². The van der Waals surface area contributed by atoms with E-state index in [0.717, 1.165) is 38.8 Å². The summed E-state index contributed by atoms with van der Waals surface area (Å²) in [5.74, 6) is -0.169. The van der Waals surface area contributed by atoms with E-state index in [1.807, 2.05) is 0 Å². The van der Waals surface area contributed by atoms with Crippen LogP contribution in [0.2, 0.25) is 0 Å². The van der Waals surface area contributed by atoms with E-state index in [9.17, 15) is 13.2 Å². The zero-order chi connectivity index (χ0) is 14.6. The van der Waals surface area contributed by atoms with Crippen molar-refractivity contribution in [3.8, 4) is 0 Å². The maximum Gasteiger partial charge on any atom is 0.306 e. The van der Waals surface area contributed by atoms with Gasteiger partial charge in [0.25, 0.3) is 0 Å². The number of esters is 1. The Kier molecular flexibility index (Phi) is 5.40. The van der Waals surface area contributed by atoms with Crippen molar-refractivity contribution < 1.29 is 17.9 Å². The van der Waals surface area contributed by atoms with Crippen molar-refractivity contribution in [3.05, 3.63) is 0 Å². The molecule has 116 valence electrons. The van der Waals surface area contributed by atoms with Gasteiger partial charge in [-0.1, -0.05) is 0 Å². The molecule has 2 rings (SSSR count). The minimum atomic E-state index is -3.35. The fourth-order valence-electron chi connectivity index (χ4n) is 2.60. The summed E-state index contributed by atoms with van der Waals surface area (Å²) in [5, 5.41) is 3.29. The van der Waals surface area contributed by atoms with Crippen molar-refractivity contribution in [2.45, 2.75) is 38.1 Å². The average Bonchev–Trinajstić information content (AvgIpc) is 3.27. The molecule has 0 unspecified atom stereocenters. The van der Waals surface area contributed by atoms with E-state index in [1.54, 1.807) is 4.31 Å². The molecule has 0 bridgehead atoms. The minimum Gasteiger partial charge on any atom is -0.469 e. The van der Waals surface area contributed by atoms with Gasteiger partial charge in [-0.3, -0.25) is 4.79 Å². The molecule has 2 aliphatic rings. The molecule has 2 fully saturated rings. The Morgan fingerprint density at radius 2 is 1.90 bits per heavy atom. The number of sulfonamides is 1. The van der Waals surface area contributed by atoms with Gasteiger partial charge in [-0.05, 0) is 44.7 Å². The van der Waals surface area contributed by atoms with Gasteiger partial charge in [0, 0.05) is 12.6 Å². The first-order chi connectivity index (χ1) is 9.53. The van der Waals surface area contributed by atoms with Crippen LogP contribution in [0.15, 0.2) is 0 Å². The number of piperidine rings is 1. The quantitative estimate of drug-likeness (QED) is 0.687. The van der Waals surface area contributed by atoms with Gasteiger partial charge in [0.2, 0.25) is 10.0 Å². The molecule has 20 heavy (non-hydrogen) atoms. The number of carbonyl (C=O) groups excluding carboxylic acids is 1. The van der Waals surface area contributed by atoms with Gasteiger partial charge in [-0.25, -0.2) is 8.42 Å². The topological polar surface area (TPSA) is 75.7 Å². The zero-order valence-corrected chi connectivity index (χ0v) is 12.8. The monoisotopic (exact) mass is 304 g/mol. The van der Waals surface area contributed by atoms with Crippen LogP contribution in [0.4, 0.5) is 0 Å². The molecular weight excluding hydrogens is 280 g/mol. The highest BCUT2D eigenvalue weighted by Gasteiger charge is 2.38. The molecule has 0 aromatic rings. The molecule has 0 aromatic heterocycles. The van der Waals surface area contributed by atoms with Crippen LogP contribution in [-0.4, -0.2) is 57.2 Å². The second kappa shape index (κ2) is 6.87. The molecule has 7 heteroatoms. The van der Waals surface area contributed by atoms with Crippen molar-refractivity contribution >= 4 is 16.0 Å². The molecule has 1 heterocycles. The summed E-state index contributed by atoms with van der Waals surface area (Å²) >= 11 is 0. The number of carbonyl (C=O) groups is 1. The van der Waals surface area contributed by atoms with Crippen molar-refractivity contribution in [2.24, 2.45) is 5.92 Å². The second-order valence-corrected chi connectivity index (χ2v) is 7.68. The summed E-state index contributed by atoms with van der Waals surface area (Å²) in [5.41, 5.74) is 0. The van der Waals surface area contributed by atoms with Crippen LogP contribution in [0, 0.1) is 5.92 Å². The fraction of sp³-hybridized carbons (Fsp3) is 0.923. The Hall–Kier alpha value is -0.660. The van der Waals surface area contributed by atoms with Gasteiger partial charge in [0.1, 0.15) is 0 Å². The Morgan fingerprint density at radius 3 is 2.45 bits per heavy atom. The van der Waals surface area contributed by atoms with E-state index in [4.69, 9.17) is 0 Å². The summed E-state index contributed by atoms with van der Waals surface area (Å²) < 4.78 is 31.0. The van der Waals surface area contributed by atoms with Crippen molar-refractivity contribution in [1.82, 2.24) is 9.62 Å². The smallest absolute Gasteiger partial charge is 0.306 e. The molecule has 0 radical (unpaired) electrons. The summed E-state index contributed by atoms with van der Waals surface area (Å²) in [6.07, 6.45) is 3.88. The van der Waals surface area contributed by atoms with Gasteiger partial charge in [0.15, 0.2) is 0 Å². The fourth-order valence-corrected chi connectivity index (χ4v) is 4.36. The Bertz CT molecular complexity index is 428. The highest BCUT2D eigenvalue weighted by atomic mass is 32.2. The molecule has 1 aliphatic heterocycles. The van der Waals surface area contributed by atoms with E-state index >= 15 is 0 Å². The van der Waals surface area contributed by atoms with Gasteiger partial charge >= 0.3 is 5.97 Å². The molecule has 6 nitrogen and oxygen atoms in total. The molecule has 1 saturated carbocycles. The van der Waals surface area contributed by atoms with Crippen LogP contribution in [0.1, 0.15) is 32.1 Å². The maximum absolute atomic E-state index is 12.4. The van der Waals surface area contributed by atoms with Crippen LogP contribution in [0.3, 0.4) is 0 Å². The van der Waals surface area contributed by atoms with Gasteiger partial charge in [0.05, 0.1) is 19.3 Å². The van der Waals surface area contributed by atoms with E-state index in [2.05, 4.69) is 10.1 Å². The second-order valence-electron chi connectivity index (χ2n) is 5.64. The highest BCUT2D eigenvalue weighted by molar-refractivity contribution is 7.89. The van der Waals surface area contributed by atoms with Crippen LogP contribution in [-0.2, 0) is 19.6 Å². The lowest BCUT2D eigenvalue weighted by molar-refractivity contribution is -0.140. The van der Waals surface area contributed by atoms with Crippen LogP contribution in [0.5, 0.6) is 0 Å². The van der Waals surface area contributed by atoms with Gasteiger partial charge in [-0.15, -0.1) is 0 Å². The van der Waals surface area contributed by atoms with Crippen molar-refractivity contribution in [3.63, 3.8) is 0 Å². The highest BCUT2D eigenvalue weighted by Crippen LogP contribution is 2.31. The molecule has 0 amide bonds. The van der Waals surface area contributed by atoms with Crippen LogP contribution in [0.25, 0.3) is 0 Å². The van der Waals surface area contributed by atoms with Crippen molar-refractivity contribution in [2.75, 3.05) is 32.5 Å². The number of nitrogens with one attached hydrogen (secondary N) is 1. The zero-order valence-electron chi connectivity index (χ0n) is 12.0. The largest absolute Gasteiger partial charge is 0.469 e. The molecule has 1 N–H and O–H groups in total. The minimum absolute atomic E-state index is 0.0612. The van der Waals surface area contributed by atoms with Crippen LogP contribution >= 0.6 is 0 Å².